The zero-order valence-corrected chi connectivity index (χ0v) is 15.9. The van der Waals surface area contributed by atoms with Gasteiger partial charge < -0.3 is 19.9 Å². The summed E-state index contributed by atoms with van der Waals surface area (Å²) < 4.78 is 54.3. The van der Waals surface area contributed by atoms with Gasteiger partial charge in [-0.15, -0.1) is 0 Å². The second-order valence-corrected chi connectivity index (χ2v) is 7.10. The van der Waals surface area contributed by atoms with Crippen LogP contribution in [0.15, 0.2) is 60.1 Å². The summed E-state index contributed by atoms with van der Waals surface area (Å²) in [5.74, 6) is 1.01. The van der Waals surface area contributed by atoms with Crippen LogP contribution in [0.4, 0.5) is 13.2 Å². The van der Waals surface area contributed by atoms with Crippen LogP contribution in [0.2, 0.25) is 0 Å². The van der Waals surface area contributed by atoms with E-state index < -0.39 is 18.3 Å². The lowest BCUT2D eigenvalue weighted by Gasteiger charge is -2.34. The number of nitrogens with zero attached hydrogens (tertiary/aromatic N) is 3. The molecule has 2 aromatic carbocycles. The van der Waals surface area contributed by atoms with Crippen LogP contribution in [0, 0.1) is 0 Å². The minimum atomic E-state index is -4.46. The number of fused-ring (bicyclic) bond motifs is 4. The Hall–Kier alpha value is -3.82. The number of amidine groups is 1. The van der Waals surface area contributed by atoms with Crippen LogP contribution in [0.5, 0.6) is 17.2 Å². The Kier molecular flexibility index (Phi) is 4.24. The van der Waals surface area contributed by atoms with E-state index in [2.05, 4.69) is 15.0 Å². The lowest BCUT2D eigenvalue weighted by atomic mass is 9.80. The summed E-state index contributed by atoms with van der Waals surface area (Å²) >= 11 is 0. The average molecular weight is 428 g/mol. The molecule has 3 aromatic rings. The fraction of sp³-hybridized carbons (Fsp3) is 0.190. The number of alkyl halides is 3. The van der Waals surface area contributed by atoms with Crippen molar-refractivity contribution in [2.75, 3.05) is 13.2 Å². The number of hydrogen-bond donors (Lipinski definition) is 1. The smallest absolute Gasteiger partial charge is 0.422 e. The Morgan fingerprint density at radius 2 is 1.71 bits per heavy atom. The van der Waals surface area contributed by atoms with Gasteiger partial charge in [0, 0.05) is 29.1 Å². The summed E-state index contributed by atoms with van der Waals surface area (Å²) in [6, 6.07) is 9.95. The summed E-state index contributed by atoms with van der Waals surface area (Å²) in [4.78, 5) is 12.6. The Labute approximate surface area is 174 Å². The molecule has 0 aliphatic carbocycles. The van der Waals surface area contributed by atoms with Gasteiger partial charge in [-0.3, -0.25) is 0 Å². The monoisotopic (exact) mass is 428 g/mol. The Bertz CT molecular complexity index is 1180. The Morgan fingerprint density at radius 3 is 2.39 bits per heavy atom. The van der Waals surface area contributed by atoms with Gasteiger partial charge in [-0.05, 0) is 35.9 Å². The van der Waals surface area contributed by atoms with Crippen LogP contribution in [0.1, 0.15) is 11.1 Å². The van der Waals surface area contributed by atoms with E-state index in [1.165, 1.54) is 18.5 Å². The van der Waals surface area contributed by atoms with Gasteiger partial charge in [0.2, 0.25) is 0 Å². The number of rotatable bonds is 3. The summed E-state index contributed by atoms with van der Waals surface area (Å²) in [5, 5.41) is 0. The van der Waals surface area contributed by atoms with Crippen LogP contribution < -0.4 is 15.2 Å². The molecule has 0 fully saturated rings. The van der Waals surface area contributed by atoms with Gasteiger partial charge in [-0.25, -0.2) is 15.0 Å². The zero-order chi connectivity index (χ0) is 21.6. The maximum absolute atomic E-state index is 12.6. The first-order valence-electron chi connectivity index (χ1n) is 9.24. The number of hydrogen-bond acceptors (Lipinski definition) is 7. The molecule has 158 valence electrons. The maximum Gasteiger partial charge on any atom is 0.422 e. The summed E-state index contributed by atoms with van der Waals surface area (Å²) in [6.07, 6.45) is 0.319. The van der Waals surface area contributed by atoms with E-state index in [0.717, 1.165) is 11.1 Å². The third-order valence-corrected chi connectivity index (χ3v) is 5.07. The number of aromatic nitrogens is 2. The van der Waals surface area contributed by atoms with E-state index in [9.17, 15) is 13.2 Å². The molecular weight excluding hydrogens is 413 g/mol. The first kappa shape index (κ1) is 19.2. The molecule has 5 rings (SSSR count). The lowest BCUT2D eigenvalue weighted by molar-refractivity contribution is -0.153. The molecule has 0 bridgehead atoms. The van der Waals surface area contributed by atoms with Gasteiger partial charge >= 0.3 is 6.18 Å². The van der Waals surface area contributed by atoms with E-state index in [4.69, 9.17) is 19.9 Å². The van der Waals surface area contributed by atoms with Gasteiger partial charge in [0.15, 0.2) is 12.1 Å². The number of nitrogens with two attached hydrogens (primary N) is 1. The predicted molar refractivity (Wildman–Crippen MR) is 104 cm³/mol. The van der Waals surface area contributed by atoms with E-state index >= 15 is 0 Å². The summed E-state index contributed by atoms with van der Waals surface area (Å²) in [6.45, 7) is -1.34. The molecule has 0 saturated heterocycles. The van der Waals surface area contributed by atoms with Gasteiger partial charge in [0.25, 0.3) is 6.02 Å². The third-order valence-electron chi connectivity index (χ3n) is 5.07. The maximum atomic E-state index is 12.6. The van der Waals surface area contributed by atoms with Crippen molar-refractivity contribution in [2.24, 2.45) is 10.7 Å². The first-order chi connectivity index (χ1) is 14.8. The quantitative estimate of drug-likeness (QED) is 0.683. The normalized spacial score (nSPS) is 19.1. The highest BCUT2D eigenvalue weighted by Gasteiger charge is 2.47. The van der Waals surface area contributed by atoms with E-state index in [1.54, 1.807) is 24.5 Å². The van der Waals surface area contributed by atoms with Crippen LogP contribution in [-0.2, 0) is 10.3 Å². The van der Waals surface area contributed by atoms with E-state index in [1.807, 2.05) is 12.1 Å². The Balaban J connectivity index is 1.63. The van der Waals surface area contributed by atoms with Crippen molar-refractivity contribution in [3.63, 3.8) is 0 Å². The molecule has 1 spiro atoms. The molecule has 0 radical (unpaired) electrons. The van der Waals surface area contributed by atoms with Gasteiger partial charge in [-0.2, -0.15) is 13.2 Å². The predicted octanol–water partition coefficient (Wildman–Crippen LogP) is 3.78. The van der Waals surface area contributed by atoms with Crippen LogP contribution >= 0.6 is 0 Å². The minimum absolute atomic E-state index is 0.0196. The van der Waals surface area contributed by atoms with Crippen molar-refractivity contribution in [1.29, 1.82) is 0 Å². The highest BCUT2D eigenvalue weighted by molar-refractivity contribution is 5.78. The molecule has 0 amide bonds. The molecule has 2 N–H and O–H groups in total. The fourth-order valence-electron chi connectivity index (χ4n) is 3.72. The summed E-state index contributed by atoms with van der Waals surface area (Å²) in [7, 11) is 0. The molecular formula is C21H15F3N4O3. The number of benzene rings is 2. The SMILES string of the molecule is NC1=N[C@]2(CO1)c1cc(OCC(F)(F)F)ccc1Oc1ccc(-c3cncnc3)cc12. The minimum Gasteiger partial charge on any atom is -0.484 e. The molecule has 31 heavy (non-hydrogen) atoms. The van der Waals surface area contributed by atoms with Crippen molar-refractivity contribution in [3.8, 4) is 28.4 Å². The summed E-state index contributed by atoms with van der Waals surface area (Å²) in [5.41, 5.74) is 7.52. The highest BCUT2D eigenvalue weighted by Crippen LogP contribution is 2.52. The van der Waals surface area contributed by atoms with Crippen molar-refractivity contribution >= 4 is 6.02 Å². The van der Waals surface area contributed by atoms with Crippen molar-refractivity contribution in [2.45, 2.75) is 11.7 Å². The van der Waals surface area contributed by atoms with Crippen LogP contribution in [-0.4, -0.2) is 35.4 Å². The molecule has 7 nitrogen and oxygen atoms in total. The number of aliphatic imine (C=N–C) groups is 1. The van der Waals surface area contributed by atoms with Crippen molar-refractivity contribution < 1.29 is 27.4 Å². The lowest BCUT2D eigenvalue weighted by Crippen LogP contribution is -2.31. The largest absolute Gasteiger partial charge is 0.484 e. The standard InChI is InChI=1S/C21H15F3N4O3/c22-21(23,24)10-29-14-2-4-18-16(6-14)20(9-30-19(25)28-20)15-5-12(1-3-17(15)31-18)13-7-26-11-27-8-13/h1-8,11H,9-10H2,(H2,25,28)/t20-/m0/s1. The molecule has 3 heterocycles. The molecule has 2 aliphatic heterocycles. The van der Waals surface area contributed by atoms with Crippen molar-refractivity contribution in [3.05, 3.63) is 66.2 Å². The number of ether oxygens (including phenoxy) is 3. The molecule has 2 aliphatic rings. The van der Waals surface area contributed by atoms with Gasteiger partial charge in [-0.1, -0.05) is 6.07 Å². The van der Waals surface area contributed by atoms with Gasteiger partial charge in [0.05, 0.1) is 0 Å². The van der Waals surface area contributed by atoms with Crippen LogP contribution in [0.25, 0.3) is 11.1 Å². The molecule has 1 atom stereocenters. The van der Waals surface area contributed by atoms with Crippen LogP contribution in [0.3, 0.4) is 0 Å². The van der Waals surface area contributed by atoms with Gasteiger partial charge in [0.1, 0.15) is 30.2 Å². The topological polar surface area (TPSA) is 91.9 Å². The molecule has 0 saturated carbocycles. The van der Waals surface area contributed by atoms with Crippen molar-refractivity contribution in [1.82, 2.24) is 9.97 Å². The van der Waals surface area contributed by atoms with E-state index in [0.29, 0.717) is 22.6 Å². The second kappa shape index (κ2) is 6.86. The Morgan fingerprint density at radius 1 is 1.00 bits per heavy atom. The first-order valence-corrected chi connectivity index (χ1v) is 9.24. The second-order valence-electron chi connectivity index (χ2n) is 7.10. The highest BCUT2D eigenvalue weighted by atomic mass is 19.4. The van der Waals surface area contributed by atoms with E-state index in [-0.39, 0.29) is 18.4 Å². The fourth-order valence-corrected chi connectivity index (χ4v) is 3.72. The zero-order valence-electron chi connectivity index (χ0n) is 15.9. The molecule has 10 heteroatoms. The molecule has 1 aromatic heterocycles. The average Bonchev–Trinajstić information content (AvgIpc) is 3.15. The number of halogens is 3. The third kappa shape index (κ3) is 3.39. The molecule has 0 unspecified atom stereocenters.